The molecule has 1 saturated heterocycles. The van der Waals surface area contributed by atoms with Crippen molar-refractivity contribution in [3.63, 3.8) is 0 Å². The van der Waals surface area contributed by atoms with Crippen LogP contribution in [-0.2, 0) is 23.9 Å². The SMILES string of the molecule is COC(=O)[C@@H]1C(=O)OC(C)(C)[C@H]1CC=O. The first-order chi connectivity index (χ1) is 6.94. The fraction of sp³-hybridized carbons (Fsp3) is 0.700. The van der Waals surface area contributed by atoms with Crippen LogP contribution in [-0.4, -0.2) is 30.9 Å². The Bertz CT molecular complexity index is 294. The number of esters is 2. The molecule has 1 aliphatic rings. The van der Waals surface area contributed by atoms with Gasteiger partial charge >= 0.3 is 11.9 Å². The van der Waals surface area contributed by atoms with Crippen molar-refractivity contribution in [2.24, 2.45) is 11.8 Å². The normalized spacial score (nSPS) is 28.3. The van der Waals surface area contributed by atoms with Crippen molar-refractivity contribution < 1.29 is 23.9 Å². The van der Waals surface area contributed by atoms with Crippen LogP contribution >= 0.6 is 0 Å². The molecule has 1 fully saturated rings. The highest BCUT2D eigenvalue weighted by atomic mass is 16.6. The number of rotatable bonds is 3. The minimum atomic E-state index is -0.977. The van der Waals surface area contributed by atoms with Gasteiger partial charge in [-0.15, -0.1) is 0 Å². The predicted octanol–water partition coefficient (Wildman–Crippen LogP) is 0.316. The van der Waals surface area contributed by atoms with Gasteiger partial charge in [0.2, 0.25) is 0 Å². The monoisotopic (exact) mass is 214 g/mol. The smallest absolute Gasteiger partial charge is 0.321 e. The van der Waals surface area contributed by atoms with Crippen molar-refractivity contribution >= 4 is 18.2 Å². The van der Waals surface area contributed by atoms with E-state index in [4.69, 9.17) is 4.74 Å². The summed E-state index contributed by atoms with van der Waals surface area (Å²) >= 11 is 0. The molecular formula is C10H14O5. The zero-order valence-corrected chi connectivity index (χ0v) is 8.98. The minimum Gasteiger partial charge on any atom is -0.468 e. The summed E-state index contributed by atoms with van der Waals surface area (Å²) in [6.45, 7) is 3.37. The van der Waals surface area contributed by atoms with E-state index in [1.165, 1.54) is 7.11 Å². The van der Waals surface area contributed by atoms with Gasteiger partial charge in [0.15, 0.2) is 5.92 Å². The molecule has 0 unspecified atom stereocenters. The topological polar surface area (TPSA) is 69.7 Å². The molecule has 0 aromatic rings. The maximum atomic E-state index is 11.4. The van der Waals surface area contributed by atoms with Crippen LogP contribution in [0.5, 0.6) is 0 Å². The van der Waals surface area contributed by atoms with E-state index in [0.29, 0.717) is 6.29 Å². The fourth-order valence-electron chi connectivity index (χ4n) is 1.88. The Morgan fingerprint density at radius 2 is 2.20 bits per heavy atom. The standard InChI is InChI=1S/C10H14O5/c1-10(2)6(4-5-11)7(8(12)14-3)9(13)15-10/h5-7H,4H2,1-3H3/t6-,7+/m0/s1. The molecule has 1 aliphatic heterocycles. The van der Waals surface area contributed by atoms with Crippen molar-refractivity contribution in [3.05, 3.63) is 0 Å². The first-order valence-corrected chi connectivity index (χ1v) is 4.68. The molecule has 84 valence electrons. The lowest BCUT2D eigenvalue weighted by atomic mass is 9.81. The van der Waals surface area contributed by atoms with Gasteiger partial charge < -0.3 is 14.3 Å². The Hall–Kier alpha value is -1.39. The number of hydrogen-bond acceptors (Lipinski definition) is 5. The van der Waals surface area contributed by atoms with Crippen LogP contribution in [0.15, 0.2) is 0 Å². The van der Waals surface area contributed by atoms with Crippen molar-refractivity contribution in [2.45, 2.75) is 25.9 Å². The summed E-state index contributed by atoms with van der Waals surface area (Å²) in [5.74, 6) is -2.68. The maximum Gasteiger partial charge on any atom is 0.321 e. The van der Waals surface area contributed by atoms with Gasteiger partial charge in [-0.1, -0.05) is 0 Å². The molecule has 0 N–H and O–H groups in total. The van der Waals surface area contributed by atoms with Gasteiger partial charge in [-0.2, -0.15) is 0 Å². The predicted molar refractivity (Wildman–Crippen MR) is 49.8 cm³/mol. The summed E-state index contributed by atoms with van der Waals surface area (Å²) in [6, 6.07) is 0. The highest BCUT2D eigenvalue weighted by Crippen LogP contribution is 2.39. The average Bonchev–Trinajstić information content (AvgIpc) is 2.36. The molecule has 0 amide bonds. The van der Waals surface area contributed by atoms with Gasteiger partial charge in [0.1, 0.15) is 11.9 Å². The van der Waals surface area contributed by atoms with E-state index in [-0.39, 0.29) is 6.42 Å². The zero-order chi connectivity index (χ0) is 11.6. The third kappa shape index (κ3) is 2.00. The van der Waals surface area contributed by atoms with E-state index in [2.05, 4.69) is 4.74 Å². The maximum absolute atomic E-state index is 11.4. The van der Waals surface area contributed by atoms with E-state index >= 15 is 0 Å². The van der Waals surface area contributed by atoms with Crippen LogP contribution < -0.4 is 0 Å². The Morgan fingerprint density at radius 3 is 2.67 bits per heavy atom. The summed E-state index contributed by atoms with van der Waals surface area (Å²) < 4.78 is 9.57. The van der Waals surface area contributed by atoms with Gasteiger partial charge in [0.25, 0.3) is 0 Å². The van der Waals surface area contributed by atoms with E-state index in [1.807, 2.05) is 0 Å². The van der Waals surface area contributed by atoms with E-state index in [1.54, 1.807) is 13.8 Å². The van der Waals surface area contributed by atoms with Gasteiger partial charge in [-0.3, -0.25) is 9.59 Å². The molecule has 1 heterocycles. The lowest BCUT2D eigenvalue weighted by molar-refractivity contribution is -0.156. The number of cyclic esters (lactones) is 1. The molecule has 0 radical (unpaired) electrons. The number of carbonyl (C=O) groups excluding carboxylic acids is 3. The molecule has 0 aromatic carbocycles. The summed E-state index contributed by atoms with van der Waals surface area (Å²) in [5.41, 5.74) is -0.795. The summed E-state index contributed by atoms with van der Waals surface area (Å²) in [7, 11) is 1.21. The summed E-state index contributed by atoms with van der Waals surface area (Å²) in [5, 5.41) is 0. The highest BCUT2D eigenvalue weighted by molar-refractivity contribution is 5.97. The molecule has 0 spiro atoms. The third-order valence-corrected chi connectivity index (χ3v) is 2.72. The largest absolute Gasteiger partial charge is 0.468 e. The molecule has 0 saturated carbocycles. The van der Waals surface area contributed by atoms with Crippen molar-refractivity contribution in [3.8, 4) is 0 Å². The second-order valence-electron chi connectivity index (χ2n) is 4.03. The van der Waals surface area contributed by atoms with Crippen molar-refractivity contribution in [2.75, 3.05) is 7.11 Å². The number of carbonyl (C=O) groups is 3. The Labute approximate surface area is 87.7 Å². The molecule has 5 heteroatoms. The van der Waals surface area contributed by atoms with Crippen LogP contribution in [0.1, 0.15) is 20.3 Å². The van der Waals surface area contributed by atoms with Crippen LogP contribution in [0.2, 0.25) is 0 Å². The highest BCUT2D eigenvalue weighted by Gasteiger charge is 2.53. The fourth-order valence-corrected chi connectivity index (χ4v) is 1.88. The number of aldehydes is 1. The first-order valence-electron chi connectivity index (χ1n) is 4.68. The molecule has 5 nitrogen and oxygen atoms in total. The molecule has 15 heavy (non-hydrogen) atoms. The van der Waals surface area contributed by atoms with E-state index < -0.39 is 29.4 Å². The van der Waals surface area contributed by atoms with Crippen LogP contribution in [0.3, 0.4) is 0 Å². The third-order valence-electron chi connectivity index (χ3n) is 2.72. The molecule has 0 aliphatic carbocycles. The Balaban J connectivity index is 2.97. The van der Waals surface area contributed by atoms with Crippen LogP contribution in [0.25, 0.3) is 0 Å². The lowest BCUT2D eigenvalue weighted by Gasteiger charge is -2.24. The Morgan fingerprint density at radius 1 is 1.60 bits per heavy atom. The minimum absolute atomic E-state index is 0.110. The number of ether oxygens (including phenoxy) is 2. The molecule has 2 atom stereocenters. The van der Waals surface area contributed by atoms with Crippen LogP contribution in [0, 0.1) is 11.8 Å². The molecule has 0 bridgehead atoms. The van der Waals surface area contributed by atoms with E-state index in [0.717, 1.165) is 0 Å². The van der Waals surface area contributed by atoms with E-state index in [9.17, 15) is 14.4 Å². The summed E-state index contributed by atoms with van der Waals surface area (Å²) in [4.78, 5) is 33.3. The molecule has 0 aromatic heterocycles. The molecular weight excluding hydrogens is 200 g/mol. The lowest BCUT2D eigenvalue weighted by Crippen LogP contribution is -2.33. The van der Waals surface area contributed by atoms with Gasteiger partial charge in [-0.25, -0.2) is 0 Å². The second-order valence-corrected chi connectivity index (χ2v) is 4.03. The molecule has 1 rings (SSSR count). The van der Waals surface area contributed by atoms with Gasteiger partial charge in [-0.05, 0) is 13.8 Å². The average molecular weight is 214 g/mol. The second kappa shape index (κ2) is 4.00. The van der Waals surface area contributed by atoms with Gasteiger partial charge in [0, 0.05) is 12.3 Å². The van der Waals surface area contributed by atoms with Crippen molar-refractivity contribution in [1.29, 1.82) is 0 Å². The number of hydrogen-bond donors (Lipinski definition) is 0. The van der Waals surface area contributed by atoms with Crippen LogP contribution in [0.4, 0.5) is 0 Å². The summed E-state index contributed by atoms with van der Waals surface area (Å²) in [6.07, 6.45) is 0.794. The number of methoxy groups -OCH3 is 1. The first kappa shape index (κ1) is 11.7. The zero-order valence-electron chi connectivity index (χ0n) is 8.98. The quantitative estimate of drug-likeness (QED) is 0.384. The van der Waals surface area contributed by atoms with Gasteiger partial charge in [0.05, 0.1) is 7.11 Å². The Kier molecular flexibility index (Phi) is 3.12. The van der Waals surface area contributed by atoms with Crippen molar-refractivity contribution in [1.82, 2.24) is 0 Å².